The van der Waals surface area contributed by atoms with E-state index in [0.717, 1.165) is 31.2 Å². The van der Waals surface area contributed by atoms with Crippen LogP contribution in [0.1, 0.15) is 11.9 Å². The molecule has 1 saturated heterocycles. The molecule has 1 fully saturated rings. The zero-order valence-electron chi connectivity index (χ0n) is 10.9. The molecule has 2 N–H and O–H groups in total. The Hall–Kier alpha value is -1.72. The van der Waals surface area contributed by atoms with Gasteiger partial charge in [-0.1, -0.05) is 12.1 Å². The van der Waals surface area contributed by atoms with E-state index in [-0.39, 0.29) is 11.9 Å². The maximum absolute atomic E-state index is 13.7. The largest absolute Gasteiger partial charge is 0.341 e. The standard InChI is InChI=1S/C14H17FN4/c1-19-7-6-16-13(9-19)14-17-8-12(18-14)10-4-2-3-5-11(10)15/h2-5,8,13,16H,6-7,9H2,1H3,(H,17,18). The smallest absolute Gasteiger partial charge is 0.132 e. The number of rotatable bonds is 2. The number of hydrogen-bond donors (Lipinski definition) is 2. The molecular weight excluding hydrogens is 243 g/mol. The summed E-state index contributed by atoms with van der Waals surface area (Å²) in [6, 6.07) is 6.91. The highest BCUT2D eigenvalue weighted by Crippen LogP contribution is 2.22. The van der Waals surface area contributed by atoms with Crippen molar-refractivity contribution < 1.29 is 4.39 Å². The summed E-state index contributed by atoms with van der Waals surface area (Å²) < 4.78 is 13.7. The van der Waals surface area contributed by atoms with Crippen molar-refractivity contribution in [3.63, 3.8) is 0 Å². The Balaban J connectivity index is 1.85. The summed E-state index contributed by atoms with van der Waals surface area (Å²) in [5.74, 6) is 0.635. The van der Waals surface area contributed by atoms with Gasteiger partial charge >= 0.3 is 0 Å². The number of piperazine rings is 1. The van der Waals surface area contributed by atoms with Gasteiger partial charge in [0.25, 0.3) is 0 Å². The molecule has 1 atom stereocenters. The minimum atomic E-state index is -0.230. The summed E-state index contributed by atoms with van der Waals surface area (Å²) in [6.07, 6.45) is 1.70. The SMILES string of the molecule is CN1CCNC(c2ncc(-c3ccccc3F)[nH]2)C1. The number of nitrogens with zero attached hydrogens (tertiary/aromatic N) is 2. The van der Waals surface area contributed by atoms with E-state index in [2.05, 4.69) is 27.2 Å². The van der Waals surface area contributed by atoms with E-state index >= 15 is 0 Å². The van der Waals surface area contributed by atoms with Crippen molar-refractivity contribution in [2.75, 3.05) is 26.7 Å². The molecule has 0 saturated carbocycles. The van der Waals surface area contributed by atoms with Gasteiger partial charge in [-0.05, 0) is 19.2 Å². The summed E-state index contributed by atoms with van der Waals surface area (Å²) >= 11 is 0. The molecule has 0 bridgehead atoms. The molecule has 5 heteroatoms. The third-order valence-corrected chi connectivity index (χ3v) is 3.47. The Morgan fingerprint density at radius 1 is 1.37 bits per heavy atom. The summed E-state index contributed by atoms with van der Waals surface area (Å²) in [7, 11) is 2.09. The first kappa shape index (κ1) is 12.3. The maximum atomic E-state index is 13.7. The normalized spacial score (nSPS) is 20.6. The molecule has 0 amide bonds. The van der Waals surface area contributed by atoms with Crippen LogP contribution in [-0.4, -0.2) is 41.5 Å². The van der Waals surface area contributed by atoms with E-state index in [4.69, 9.17) is 0 Å². The Labute approximate surface area is 111 Å². The Morgan fingerprint density at radius 3 is 3.00 bits per heavy atom. The Kier molecular flexibility index (Phi) is 3.31. The van der Waals surface area contributed by atoms with Gasteiger partial charge in [-0.15, -0.1) is 0 Å². The lowest BCUT2D eigenvalue weighted by Gasteiger charge is -2.29. The lowest BCUT2D eigenvalue weighted by molar-refractivity contribution is 0.236. The van der Waals surface area contributed by atoms with Crippen LogP contribution in [0.2, 0.25) is 0 Å². The van der Waals surface area contributed by atoms with Gasteiger partial charge in [0.1, 0.15) is 11.6 Å². The number of aromatic nitrogens is 2. The zero-order chi connectivity index (χ0) is 13.2. The third kappa shape index (κ3) is 2.52. The van der Waals surface area contributed by atoms with Crippen LogP contribution in [0.4, 0.5) is 4.39 Å². The molecular formula is C14H17FN4. The van der Waals surface area contributed by atoms with Crippen molar-refractivity contribution in [3.05, 3.63) is 42.1 Å². The van der Waals surface area contributed by atoms with Crippen LogP contribution in [0.3, 0.4) is 0 Å². The highest BCUT2D eigenvalue weighted by Gasteiger charge is 2.21. The van der Waals surface area contributed by atoms with E-state index in [0.29, 0.717) is 5.56 Å². The number of imidazole rings is 1. The van der Waals surface area contributed by atoms with Gasteiger partial charge < -0.3 is 15.2 Å². The van der Waals surface area contributed by atoms with Crippen molar-refractivity contribution in [1.82, 2.24) is 20.2 Å². The van der Waals surface area contributed by atoms with E-state index in [1.165, 1.54) is 6.07 Å². The van der Waals surface area contributed by atoms with Gasteiger partial charge in [0, 0.05) is 25.2 Å². The van der Waals surface area contributed by atoms with Crippen LogP contribution in [0.5, 0.6) is 0 Å². The topological polar surface area (TPSA) is 44.0 Å². The minimum Gasteiger partial charge on any atom is -0.341 e. The van der Waals surface area contributed by atoms with E-state index < -0.39 is 0 Å². The Bertz CT molecular complexity index is 566. The van der Waals surface area contributed by atoms with Crippen molar-refractivity contribution >= 4 is 0 Å². The van der Waals surface area contributed by atoms with Crippen molar-refractivity contribution in [2.45, 2.75) is 6.04 Å². The molecule has 1 aromatic heterocycles. The number of benzene rings is 1. The average molecular weight is 260 g/mol. The predicted molar refractivity (Wildman–Crippen MR) is 72.2 cm³/mol. The summed E-state index contributed by atoms with van der Waals surface area (Å²) in [4.78, 5) is 9.86. The third-order valence-electron chi connectivity index (χ3n) is 3.47. The Morgan fingerprint density at radius 2 is 2.21 bits per heavy atom. The molecule has 0 aliphatic carbocycles. The molecule has 19 heavy (non-hydrogen) atoms. The summed E-state index contributed by atoms with van der Waals surface area (Å²) in [5.41, 5.74) is 1.29. The number of halogens is 1. The van der Waals surface area contributed by atoms with Gasteiger partial charge in [-0.2, -0.15) is 0 Å². The fourth-order valence-electron chi connectivity index (χ4n) is 2.41. The lowest BCUT2D eigenvalue weighted by atomic mass is 10.1. The highest BCUT2D eigenvalue weighted by molar-refractivity contribution is 5.59. The van der Waals surface area contributed by atoms with Crippen LogP contribution >= 0.6 is 0 Å². The van der Waals surface area contributed by atoms with Crippen molar-refractivity contribution in [3.8, 4) is 11.3 Å². The van der Waals surface area contributed by atoms with Crippen molar-refractivity contribution in [1.29, 1.82) is 0 Å². The van der Waals surface area contributed by atoms with Gasteiger partial charge in [0.15, 0.2) is 0 Å². The van der Waals surface area contributed by atoms with E-state index in [1.54, 1.807) is 18.3 Å². The fourth-order valence-corrected chi connectivity index (χ4v) is 2.41. The van der Waals surface area contributed by atoms with E-state index in [9.17, 15) is 4.39 Å². The predicted octanol–water partition coefficient (Wildman–Crippen LogP) is 1.79. The molecule has 1 aliphatic heterocycles. The lowest BCUT2D eigenvalue weighted by Crippen LogP contribution is -2.44. The number of aromatic amines is 1. The first-order valence-electron chi connectivity index (χ1n) is 6.46. The summed E-state index contributed by atoms with van der Waals surface area (Å²) in [6.45, 7) is 2.89. The number of nitrogens with one attached hydrogen (secondary N) is 2. The molecule has 0 radical (unpaired) electrons. The summed E-state index contributed by atoms with van der Waals surface area (Å²) in [5, 5.41) is 3.42. The van der Waals surface area contributed by atoms with Crippen LogP contribution in [0.15, 0.2) is 30.5 Å². The van der Waals surface area contributed by atoms with Gasteiger partial charge in [0.2, 0.25) is 0 Å². The first-order chi connectivity index (χ1) is 9.24. The number of likely N-dealkylation sites (N-methyl/N-ethyl adjacent to an activating group) is 1. The van der Waals surface area contributed by atoms with Gasteiger partial charge in [-0.3, -0.25) is 0 Å². The molecule has 2 heterocycles. The average Bonchev–Trinajstić information content (AvgIpc) is 2.89. The molecule has 0 spiro atoms. The quantitative estimate of drug-likeness (QED) is 0.865. The molecule has 100 valence electrons. The number of H-pyrrole nitrogens is 1. The zero-order valence-corrected chi connectivity index (χ0v) is 10.9. The van der Waals surface area contributed by atoms with Crippen LogP contribution in [0.25, 0.3) is 11.3 Å². The molecule has 2 aromatic rings. The molecule has 1 unspecified atom stereocenters. The molecule has 3 rings (SSSR count). The fraction of sp³-hybridized carbons (Fsp3) is 0.357. The second-order valence-corrected chi connectivity index (χ2v) is 4.93. The van der Waals surface area contributed by atoms with E-state index in [1.807, 2.05) is 6.07 Å². The number of hydrogen-bond acceptors (Lipinski definition) is 3. The van der Waals surface area contributed by atoms with Crippen molar-refractivity contribution in [2.24, 2.45) is 0 Å². The van der Waals surface area contributed by atoms with Crippen LogP contribution < -0.4 is 5.32 Å². The molecule has 4 nitrogen and oxygen atoms in total. The monoisotopic (exact) mass is 260 g/mol. The minimum absolute atomic E-state index is 0.180. The van der Waals surface area contributed by atoms with Gasteiger partial charge in [0.05, 0.1) is 17.9 Å². The van der Waals surface area contributed by atoms with Crippen LogP contribution in [0, 0.1) is 5.82 Å². The van der Waals surface area contributed by atoms with Crippen LogP contribution in [-0.2, 0) is 0 Å². The molecule has 1 aromatic carbocycles. The second kappa shape index (κ2) is 5.11. The first-order valence-corrected chi connectivity index (χ1v) is 6.46. The second-order valence-electron chi connectivity index (χ2n) is 4.93. The molecule has 1 aliphatic rings. The van der Waals surface area contributed by atoms with Gasteiger partial charge in [-0.25, -0.2) is 9.37 Å². The maximum Gasteiger partial charge on any atom is 0.132 e. The highest BCUT2D eigenvalue weighted by atomic mass is 19.1.